The molecule has 0 atom stereocenters. The van der Waals surface area contributed by atoms with E-state index in [0.717, 1.165) is 22.0 Å². The number of hydrogen-bond donors (Lipinski definition) is 1. The number of benzene rings is 2. The number of amides is 1. The number of rotatable bonds is 7. The topological polar surface area (TPSA) is 60.5 Å². The van der Waals surface area contributed by atoms with Gasteiger partial charge in [-0.1, -0.05) is 0 Å². The summed E-state index contributed by atoms with van der Waals surface area (Å²) in [5, 5.41) is 5.77. The molecule has 6 heteroatoms. The molecule has 1 aromatic heterocycles. The summed E-state index contributed by atoms with van der Waals surface area (Å²) in [5.74, 6) is 1.39. The molecule has 2 aromatic carbocycles. The van der Waals surface area contributed by atoms with Crippen LogP contribution < -0.4 is 14.8 Å². The molecule has 0 fully saturated rings. The van der Waals surface area contributed by atoms with E-state index in [1.165, 1.54) is 0 Å². The standard InChI is InChI=1S/C19H18N2O3S/c1-23-16-6-8-17(9-7-16)24-12-10-18(22)21-15-4-2-14(3-5-15)19-20-11-13-25-19/h2-9,11,13H,10,12H2,1H3,(H,21,22). The van der Waals surface area contributed by atoms with Crippen LogP contribution in [0.2, 0.25) is 0 Å². The maximum Gasteiger partial charge on any atom is 0.227 e. The number of nitrogens with zero attached hydrogens (tertiary/aromatic N) is 1. The van der Waals surface area contributed by atoms with E-state index in [1.807, 2.05) is 53.9 Å². The molecule has 0 aliphatic carbocycles. The summed E-state index contributed by atoms with van der Waals surface area (Å²) in [5.41, 5.74) is 1.80. The van der Waals surface area contributed by atoms with Crippen LogP contribution in [0.25, 0.3) is 10.6 Å². The highest BCUT2D eigenvalue weighted by Gasteiger charge is 2.05. The molecule has 1 N–H and O–H groups in total. The number of carbonyl (C=O) groups excluding carboxylic acids is 1. The second-order valence-corrected chi connectivity index (χ2v) is 6.13. The first kappa shape index (κ1) is 17.0. The number of methoxy groups -OCH3 is 1. The van der Waals surface area contributed by atoms with Crippen LogP contribution >= 0.6 is 11.3 Å². The fourth-order valence-electron chi connectivity index (χ4n) is 2.22. The lowest BCUT2D eigenvalue weighted by Gasteiger charge is -2.08. The van der Waals surface area contributed by atoms with E-state index >= 15 is 0 Å². The van der Waals surface area contributed by atoms with Crippen LogP contribution in [0, 0.1) is 0 Å². The predicted octanol–water partition coefficient (Wildman–Crippen LogP) is 4.23. The number of thiazole rings is 1. The van der Waals surface area contributed by atoms with Crippen molar-refractivity contribution < 1.29 is 14.3 Å². The highest BCUT2D eigenvalue weighted by molar-refractivity contribution is 7.13. The molecule has 0 aliphatic heterocycles. The SMILES string of the molecule is COc1ccc(OCCC(=O)Nc2ccc(-c3nccs3)cc2)cc1. The summed E-state index contributed by atoms with van der Waals surface area (Å²) in [6.07, 6.45) is 2.05. The molecular formula is C19H18N2O3S. The lowest BCUT2D eigenvalue weighted by Crippen LogP contribution is -2.15. The van der Waals surface area contributed by atoms with Crippen molar-refractivity contribution in [1.29, 1.82) is 0 Å². The smallest absolute Gasteiger partial charge is 0.227 e. The quantitative estimate of drug-likeness (QED) is 0.690. The summed E-state index contributed by atoms with van der Waals surface area (Å²) in [6.45, 7) is 0.315. The van der Waals surface area contributed by atoms with E-state index in [9.17, 15) is 4.79 Å². The second kappa shape index (κ2) is 8.30. The van der Waals surface area contributed by atoms with Crippen molar-refractivity contribution in [3.05, 3.63) is 60.1 Å². The van der Waals surface area contributed by atoms with Crippen molar-refractivity contribution in [3.8, 4) is 22.1 Å². The van der Waals surface area contributed by atoms with Crippen LogP contribution in [-0.2, 0) is 4.79 Å². The van der Waals surface area contributed by atoms with Crippen LogP contribution in [0.15, 0.2) is 60.1 Å². The first-order chi connectivity index (χ1) is 12.2. The van der Waals surface area contributed by atoms with Gasteiger partial charge in [0.15, 0.2) is 0 Å². The summed E-state index contributed by atoms with van der Waals surface area (Å²) in [6, 6.07) is 14.9. The molecule has 0 saturated heterocycles. The number of anilines is 1. The minimum absolute atomic E-state index is 0.0875. The molecule has 0 radical (unpaired) electrons. The molecule has 25 heavy (non-hydrogen) atoms. The molecule has 0 saturated carbocycles. The van der Waals surface area contributed by atoms with Crippen molar-refractivity contribution >= 4 is 22.9 Å². The van der Waals surface area contributed by atoms with E-state index in [-0.39, 0.29) is 12.3 Å². The molecule has 128 valence electrons. The Morgan fingerprint density at radius 3 is 2.44 bits per heavy atom. The molecule has 0 aliphatic rings. The Bertz CT molecular complexity index is 800. The van der Waals surface area contributed by atoms with Gasteiger partial charge in [0, 0.05) is 22.8 Å². The van der Waals surface area contributed by atoms with E-state index < -0.39 is 0 Å². The molecule has 0 unspecified atom stereocenters. The monoisotopic (exact) mass is 354 g/mol. The minimum Gasteiger partial charge on any atom is -0.497 e. The molecule has 3 aromatic rings. The van der Waals surface area contributed by atoms with Crippen molar-refractivity contribution in [2.75, 3.05) is 19.0 Å². The molecule has 5 nitrogen and oxygen atoms in total. The van der Waals surface area contributed by atoms with Gasteiger partial charge >= 0.3 is 0 Å². The van der Waals surface area contributed by atoms with Gasteiger partial charge in [0.25, 0.3) is 0 Å². The highest BCUT2D eigenvalue weighted by Crippen LogP contribution is 2.23. The van der Waals surface area contributed by atoms with Gasteiger partial charge in [-0.15, -0.1) is 11.3 Å². The Kier molecular flexibility index (Phi) is 5.64. The second-order valence-electron chi connectivity index (χ2n) is 5.24. The van der Waals surface area contributed by atoms with Crippen LogP contribution in [-0.4, -0.2) is 24.6 Å². The average Bonchev–Trinajstić information content (AvgIpc) is 3.18. The third kappa shape index (κ3) is 4.81. The van der Waals surface area contributed by atoms with E-state index in [2.05, 4.69) is 10.3 Å². The first-order valence-corrected chi connectivity index (χ1v) is 8.69. The highest BCUT2D eigenvalue weighted by atomic mass is 32.1. The third-order valence-corrected chi connectivity index (χ3v) is 4.33. The molecule has 0 bridgehead atoms. The maximum absolute atomic E-state index is 12.0. The van der Waals surface area contributed by atoms with Gasteiger partial charge in [-0.05, 0) is 48.5 Å². The predicted molar refractivity (Wildman–Crippen MR) is 99.3 cm³/mol. The van der Waals surface area contributed by atoms with Crippen molar-refractivity contribution in [2.45, 2.75) is 6.42 Å². The Labute approximate surface area is 150 Å². The van der Waals surface area contributed by atoms with Gasteiger partial charge in [0.05, 0.1) is 20.1 Å². The average molecular weight is 354 g/mol. The number of ether oxygens (including phenoxy) is 2. The Morgan fingerprint density at radius 2 is 1.80 bits per heavy atom. The van der Waals surface area contributed by atoms with Gasteiger partial charge in [-0.25, -0.2) is 4.98 Å². The fourth-order valence-corrected chi connectivity index (χ4v) is 2.86. The van der Waals surface area contributed by atoms with E-state index in [0.29, 0.717) is 12.4 Å². The fraction of sp³-hybridized carbons (Fsp3) is 0.158. The van der Waals surface area contributed by atoms with Crippen molar-refractivity contribution in [2.24, 2.45) is 0 Å². The number of carbonyl (C=O) groups is 1. The lowest BCUT2D eigenvalue weighted by atomic mass is 10.2. The van der Waals surface area contributed by atoms with Gasteiger partial charge in [0.2, 0.25) is 5.91 Å². The zero-order valence-electron chi connectivity index (χ0n) is 13.8. The van der Waals surface area contributed by atoms with Crippen LogP contribution in [0.3, 0.4) is 0 Å². The maximum atomic E-state index is 12.0. The van der Waals surface area contributed by atoms with Crippen LogP contribution in [0.5, 0.6) is 11.5 Å². The number of aromatic nitrogens is 1. The number of hydrogen-bond acceptors (Lipinski definition) is 5. The van der Waals surface area contributed by atoms with Gasteiger partial charge in [-0.2, -0.15) is 0 Å². The zero-order valence-corrected chi connectivity index (χ0v) is 14.6. The first-order valence-electron chi connectivity index (χ1n) is 7.81. The Balaban J connectivity index is 1.45. The summed E-state index contributed by atoms with van der Waals surface area (Å²) < 4.78 is 10.6. The van der Waals surface area contributed by atoms with Crippen LogP contribution in [0.4, 0.5) is 5.69 Å². The van der Waals surface area contributed by atoms with Gasteiger partial charge in [0.1, 0.15) is 16.5 Å². The molecule has 3 rings (SSSR count). The number of nitrogens with one attached hydrogen (secondary N) is 1. The lowest BCUT2D eigenvalue weighted by molar-refractivity contribution is -0.116. The van der Waals surface area contributed by atoms with E-state index in [4.69, 9.17) is 9.47 Å². The minimum atomic E-state index is -0.0875. The normalized spacial score (nSPS) is 10.3. The Morgan fingerprint density at radius 1 is 1.08 bits per heavy atom. The zero-order chi connectivity index (χ0) is 17.5. The largest absolute Gasteiger partial charge is 0.497 e. The summed E-state index contributed by atoms with van der Waals surface area (Å²) in [7, 11) is 1.61. The van der Waals surface area contributed by atoms with Gasteiger partial charge in [-0.3, -0.25) is 4.79 Å². The summed E-state index contributed by atoms with van der Waals surface area (Å²) in [4.78, 5) is 16.3. The Hall–Kier alpha value is -2.86. The van der Waals surface area contributed by atoms with Crippen LogP contribution in [0.1, 0.15) is 6.42 Å². The van der Waals surface area contributed by atoms with E-state index in [1.54, 1.807) is 24.6 Å². The molecule has 1 amide bonds. The molecule has 0 spiro atoms. The summed E-state index contributed by atoms with van der Waals surface area (Å²) >= 11 is 1.58. The van der Waals surface area contributed by atoms with Crippen molar-refractivity contribution in [1.82, 2.24) is 4.98 Å². The third-order valence-electron chi connectivity index (χ3n) is 3.51. The molecular weight excluding hydrogens is 336 g/mol. The van der Waals surface area contributed by atoms with Crippen molar-refractivity contribution in [3.63, 3.8) is 0 Å². The molecule has 1 heterocycles. The van der Waals surface area contributed by atoms with Gasteiger partial charge < -0.3 is 14.8 Å².